The second kappa shape index (κ2) is 5.87. The van der Waals surface area contributed by atoms with Crippen LogP contribution in [0.5, 0.6) is 0 Å². The van der Waals surface area contributed by atoms with E-state index >= 15 is 0 Å². The Morgan fingerprint density at radius 2 is 1.72 bits per heavy atom. The van der Waals surface area contributed by atoms with E-state index < -0.39 is 0 Å². The Kier molecular flexibility index (Phi) is 4.44. The molecule has 0 spiro atoms. The van der Waals surface area contributed by atoms with Gasteiger partial charge in [-0.1, -0.05) is 23.7 Å². The molecule has 3 heteroatoms. The van der Waals surface area contributed by atoms with Gasteiger partial charge in [-0.05, 0) is 55.2 Å². The van der Waals surface area contributed by atoms with Crippen molar-refractivity contribution < 1.29 is 0 Å². The molecule has 0 aliphatic rings. The van der Waals surface area contributed by atoms with Crippen molar-refractivity contribution in [2.24, 2.45) is 0 Å². The molecule has 1 nitrogen and oxygen atoms in total. The van der Waals surface area contributed by atoms with E-state index in [-0.39, 0.29) is 0 Å². The standard InChI is InChI=1S/C15H18ClNS/c1-10-6-12(3)13(7-11(10)2)8-17-9-14-4-5-15(16)18-14/h4-7,17H,8-9H2,1-3H3. The smallest absolute Gasteiger partial charge is 0.0931 e. The first-order chi connectivity index (χ1) is 8.56. The van der Waals surface area contributed by atoms with Gasteiger partial charge in [-0.15, -0.1) is 11.3 Å². The lowest BCUT2D eigenvalue weighted by Gasteiger charge is -2.10. The highest BCUT2D eigenvalue weighted by Gasteiger charge is 2.02. The average Bonchev–Trinajstić information content (AvgIpc) is 2.71. The number of nitrogens with one attached hydrogen (secondary N) is 1. The number of aryl methyl sites for hydroxylation is 3. The Hall–Kier alpha value is -0.830. The van der Waals surface area contributed by atoms with E-state index in [1.807, 2.05) is 6.07 Å². The summed E-state index contributed by atoms with van der Waals surface area (Å²) in [5.74, 6) is 0. The summed E-state index contributed by atoms with van der Waals surface area (Å²) in [6.45, 7) is 8.28. The first-order valence-electron chi connectivity index (χ1n) is 6.08. The zero-order chi connectivity index (χ0) is 13.1. The third-order valence-electron chi connectivity index (χ3n) is 3.20. The lowest BCUT2D eigenvalue weighted by molar-refractivity contribution is 0.697. The second-order valence-corrected chi connectivity index (χ2v) is 6.47. The van der Waals surface area contributed by atoms with E-state index in [9.17, 15) is 0 Å². The van der Waals surface area contributed by atoms with Crippen LogP contribution in [0.2, 0.25) is 4.34 Å². The van der Waals surface area contributed by atoms with E-state index in [0.29, 0.717) is 0 Å². The molecule has 0 amide bonds. The van der Waals surface area contributed by atoms with Crippen LogP contribution in [0.15, 0.2) is 24.3 Å². The van der Waals surface area contributed by atoms with Crippen LogP contribution in [0.1, 0.15) is 27.1 Å². The highest BCUT2D eigenvalue weighted by atomic mass is 35.5. The van der Waals surface area contributed by atoms with Gasteiger partial charge in [-0.2, -0.15) is 0 Å². The van der Waals surface area contributed by atoms with E-state index in [1.54, 1.807) is 11.3 Å². The Balaban J connectivity index is 1.96. The highest BCUT2D eigenvalue weighted by molar-refractivity contribution is 7.16. The molecule has 1 aromatic heterocycles. The minimum Gasteiger partial charge on any atom is -0.308 e. The van der Waals surface area contributed by atoms with E-state index in [2.05, 4.69) is 44.3 Å². The van der Waals surface area contributed by atoms with Gasteiger partial charge in [-0.3, -0.25) is 0 Å². The maximum Gasteiger partial charge on any atom is 0.0931 e. The van der Waals surface area contributed by atoms with Crippen LogP contribution in [0, 0.1) is 20.8 Å². The number of thiophene rings is 1. The maximum absolute atomic E-state index is 5.91. The summed E-state index contributed by atoms with van der Waals surface area (Å²) < 4.78 is 0.856. The topological polar surface area (TPSA) is 12.0 Å². The van der Waals surface area contributed by atoms with Gasteiger partial charge in [0, 0.05) is 18.0 Å². The zero-order valence-corrected chi connectivity index (χ0v) is 12.6. The molecule has 96 valence electrons. The van der Waals surface area contributed by atoms with E-state index in [1.165, 1.54) is 27.1 Å². The largest absolute Gasteiger partial charge is 0.308 e. The number of hydrogen-bond donors (Lipinski definition) is 1. The lowest BCUT2D eigenvalue weighted by atomic mass is 10.0. The van der Waals surface area contributed by atoms with Gasteiger partial charge >= 0.3 is 0 Å². The third-order valence-corrected chi connectivity index (χ3v) is 4.43. The predicted octanol–water partition coefficient (Wildman–Crippen LogP) is 4.62. The van der Waals surface area contributed by atoms with Crippen LogP contribution in [-0.4, -0.2) is 0 Å². The van der Waals surface area contributed by atoms with Gasteiger partial charge in [0.1, 0.15) is 0 Å². The van der Waals surface area contributed by atoms with Crippen molar-refractivity contribution in [2.75, 3.05) is 0 Å². The highest BCUT2D eigenvalue weighted by Crippen LogP contribution is 2.21. The molecular weight excluding hydrogens is 262 g/mol. The fourth-order valence-electron chi connectivity index (χ4n) is 1.98. The molecule has 0 unspecified atom stereocenters. The lowest BCUT2D eigenvalue weighted by Crippen LogP contribution is -2.13. The second-order valence-electron chi connectivity index (χ2n) is 4.67. The summed E-state index contributed by atoms with van der Waals surface area (Å²) in [4.78, 5) is 1.28. The van der Waals surface area contributed by atoms with Gasteiger partial charge in [0.15, 0.2) is 0 Å². The van der Waals surface area contributed by atoms with Gasteiger partial charge in [0.2, 0.25) is 0 Å². The van der Waals surface area contributed by atoms with Gasteiger partial charge in [-0.25, -0.2) is 0 Å². The first-order valence-corrected chi connectivity index (χ1v) is 7.27. The number of benzene rings is 1. The van der Waals surface area contributed by atoms with Crippen molar-refractivity contribution in [1.29, 1.82) is 0 Å². The van der Waals surface area contributed by atoms with Crippen LogP contribution in [0.25, 0.3) is 0 Å². The van der Waals surface area contributed by atoms with Crippen LogP contribution in [0.4, 0.5) is 0 Å². The molecule has 0 saturated heterocycles. The Morgan fingerprint density at radius 1 is 1.00 bits per heavy atom. The van der Waals surface area contributed by atoms with Gasteiger partial charge in [0.05, 0.1) is 4.34 Å². The molecule has 0 radical (unpaired) electrons. The molecule has 1 aromatic carbocycles. The average molecular weight is 280 g/mol. The summed E-state index contributed by atoms with van der Waals surface area (Å²) >= 11 is 7.55. The molecule has 0 aliphatic carbocycles. The molecule has 0 fully saturated rings. The molecule has 0 aliphatic heterocycles. The summed E-state index contributed by atoms with van der Waals surface area (Å²) in [5.41, 5.74) is 5.45. The van der Waals surface area contributed by atoms with Crippen molar-refractivity contribution in [2.45, 2.75) is 33.9 Å². The van der Waals surface area contributed by atoms with Crippen molar-refractivity contribution in [3.63, 3.8) is 0 Å². The van der Waals surface area contributed by atoms with Crippen LogP contribution >= 0.6 is 22.9 Å². The summed E-state index contributed by atoms with van der Waals surface area (Å²) in [5, 5.41) is 3.47. The Labute approximate surface area is 118 Å². The normalized spacial score (nSPS) is 10.9. The quantitative estimate of drug-likeness (QED) is 0.861. The summed E-state index contributed by atoms with van der Waals surface area (Å²) in [6, 6.07) is 8.56. The molecule has 2 aromatic rings. The van der Waals surface area contributed by atoms with Crippen molar-refractivity contribution in [3.05, 3.63) is 55.7 Å². The van der Waals surface area contributed by atoms with E-state index in [4.69, 9.17) is 11.6 Å². The zero-order valence-electron chi connectivity index (χ0n) is 11.0. The molecule has 0 bridgehead atoms. The molecule has 1 heterocycles. The third kappa shape index (κ3) is 3.35. The van der Waals surface area contributed by atoms with Crippen LogP contribution in [-0.2, 0) is 13.1 Å². The molecule has 1 N–H and O–H groups in total. The minimum absolute atomic E-state index is 0.856. The molecular formula is C15H18ClNS. The van der Waals surface area contributed by atoms with Crippen LogP contribution in [0.3, 0.4) is 0 Å². The summed E-state index contributed by atoms with van der Waals surface area (Å²) in [6.07, 6.45) is 0. The van der Waals surface area contributed by atoms with Crippen molar-refractivity contribution >= 4 is 22.9 Å². The Morgan fingerprint density at radius 3 is 2.39 bits per heavy atom. The maximum atomic E-state index is 5.91. The van der Waals surface area contributed by atoms with E-state index in [0.717, 1.165) is 17.4 Å². The monoisotopic (exact) mass is 279 g/mol. The van der Waals surface area contributed by atoms with Crippen LogP contribution < -0.4 is 5.32 Å². The number of halogens is 1. The fourth-order valence-corrected chi connectivity index (χ4v) is 3.04. The number of rotatable bonds is 4. The fraction of sp³-hybridized carbons (Fsp3) is 0.333. The van der Waals surface area contributed by atoms with Crippen molar-refractivity contribution in [1.82, 2.24) is 5.32 Å². The number of hydrogen-bond acceptors (Lipinski definition) is 2. The van der Waals surface area contributed by atoms with Gasteiger partial charge < -0.3 is 5.32 Å². The summed E-state index contributed by atoms with van der Waals surface area (Å²) in [7, 11) is 0. The molecule has 2 rings (SSSR count). The van der Waals surface area contributed by atoms with Crippen molar-refractivity contribution in [3.8, 4) is 0 Å². The molecule has 18 heavy (non-hydrogen) atoms. The Bertz CT molecular complexity index is 545. The molecule has 0 atom stereocenters. The van der Waals surface area contributed by atoms with Gasteiger partial charge in [0.25, 0.3) is 0 Å². The SMILES string of the molecule is Cc1cc(C)c(CNCc2ccc(Cl)s2)cc1C. The molecule has 0 saturated carbocycles. The minimum atomic E-state index is 0.856. The predicted molar refractivity (Wildman–Crippen MR) is 80.5 cm³/mol. The first kappa shape index (κ1) is 13.6.